The standard InChI is InChI=1S/C15H10BrFN2O/c16-12-2-1-3-13-14(12)11(7-19-13)15(20)8-4-9(17)6-10(18)5-8/h1-7,19H,18H2. The second-order valence-electron chi connectivity index (χ2n) is 4.47. The highest BCUT2D eigenvalue weighted by Gasteiger charge is 2.17. The number of nitrogens with two attached hydrogens (primary N) is 1. The van der Waals surface area contributed by atoms with Crippen molar-refractivity contribution in [2.24, 2.45) is 0 Å². The predicted molar refractivity (Wildman–Crippen MR) is 80.2 cm³/mol. The van der Waals surface area contributed by atoms with E-state index in [4.69, 9.17) is 5.73 Å². The molecule has 0 bridgehead atoms. The van der Waals surface area contributed by atoms with Gasteiger partial charge in [-0.1, -0.05) is 22.0 Å². The first-order chi connectivity index (χ1) is 9.56. The van der Waals surface area contributed by atoms with Gasteiger partial charge in [-0.25, -0.2) is 4.39 Å². The highest BCUT2D eigenvalue weighted by molar-refractivity contribution is 9.10. The van der Waals surface area contributed by atoms with E-state index in [0.717, 1.165) is 15.4 Å². The molecule has 0 aliphatic rings. The number of nitrogens with one attached hydrogen (secondary N) is 1. The first-order valence-electron chi connectivity index (χ1n) is 5.92. The van der Waals surface area contributed by atoms with Gasteiger partial charge in [-0.15, -0.1) is 0 Å². The minimum Gasteiger partial charge on any atom is -0.399 e. The molecule has 0 amide bonds. The number of carbonyl (C=O) groups is 1. The van der Waals surface area contributed by atoms with E-state index in [2.05, 4.69) is 20.9 Å². The van der Waals surface area contributed by atoms with Crippen LogP contribution in [0.4, 0.5) is 10.1 Å². The second-order valence-corrected chi connectivity index (χ2v) is 5.32. The zero-order valence-corrected chi connectivity index (χ0v) is 11.9. The molecule has 0 aliphatic carbocycles. The maximum Gasteiger partial charge on any atom is 0.195 e. The lowest BCUT2D eigenvalue weighted by molar-refractivity contribution is 0.104. The molecule has 0 fully saturated rings. The van der Waals surface area contributed by atoms with Gasteiger partial charge in [-0.05, 0) is 30.3 Å². The third-order valence-electron chi connectivity index (χ3n) is 3.08. The molecule has 3 rings (SSSR count). The fraction of sp³-hybridized carbons (Fsp3) is 0. The summed E-state index contributed by atoms with van der Waals surface area (Å²) in [5, 5.41) is 0.778. The SMILES string of the molecule is Nc1cc(F)cc(C(=O)c2c[nH]c3cccc(Br)c23)c1. The number of H-pyrrole nitrogens is 1. The molecule has 0 spiro atoms. The lowest BCUT2D eigenvalue weighted by Gasteiger charge is -2.03. The minimum atomic E-state index is -0.521. The summed E-state index contributed by atoms with van der Waals surface area (Å²) in [5.41, 5.74) is 7.37. The van der Waals surface area contributed by atoms with Crippen LogP contribution in [0.25, 0.3) is 10.9 Å². The lowest BCUT2D eigenvalue weighted by Crippen LogP contribution is -2.02. The summed E-state index contributed by atoms with van der Waals surface area (Å²) in [7, 11) is 0. The van der Waals surface area contributed by atoms with Crippen LogP contribution in [0.1, 0.15) is 15.9 Å². The Balaban J connectivity index is 2.18. The lowest BCUT2D eigenvalue weighted by atomic mass is 10.0. The summed E-state index contributed by atoms with van der Waals surface area (Å²) in [4.78, 5) is 15.5. The van der Waals surface area contributed by atoms with E-state index >= 15 is 0 Å². The van der Waals surface area contributed by atoms with Crippen LogP contribution in [0.2, 0.25) is 0 Å². The van der Waals surface area contributed by atoms with Crippen LogP contribution in [0.3, 0.4) is 0 Å². The third kappa shape index (κ3) is 2.10. The number of anilines is 1. The summed E-state index contributed by atoms with van der Waals surface area (Å²) in [6.07, 6.45) is 1.62. The Morgan fingerprint density at radius 3 is 2.80 bits per heavy atom. The van der Waals surface area contributed by atoms with Gasteiger partial charge >= 0.3 is 0 Å². The van der Waals surface area contributed by atoms with Crippen molar-refractivity contribution in [1.82, 2.24) is 4.98 Å². The van der Waals surface area contributed by atoms with Gasteiger partial charge in [0.05, 0.1) is 0 Å². The van der Waals surface area contributed by atoms with E-state index in [9.17, 15) is 9.18 Å². The number of rotatable bonds is 2. The van der Waals surface area contributed by atoms with E-state index in [-0.39, 0.29) is 17.0 Å². The van der Waals surface area contributed by atoms with Crippen LogP contribution in [-0.4, -0.2) is 10.8 Å². The first kappa shape index (κ1) is 12.9. The Bertz CT molecular complexity index is 806. The highest BCUT2D eigenvalue weighted by Crippen LogP contribution is 2.29. The fourth-order valence-corrected chi connectivity index (χ4v) is 2.80. The molecule has 5 heteroatoms. The van der Waals surface area contributed by atoms with Gasteiger partial charge in [-0.3, -0.25) is 4.79 Å². The van der Waals surface area contributed by atoms with Crippen LogP contribution in [0.5, 0.6) is 0 Å². The molecule has 100 valence electrons. The van der Waals surface area contributed by atoms with Crippen molar-refractivity contribution in [1.29, 1.82) is 0 Å². The Morgan fingerprint density at radius 1 is 1.25 bits per heavy atom. The van der Waals surface area contributed by atoms with Crippen molar-refractivity contribution in [3.8, 4) is 0 Å². The molecule has 0 atom stereocenters. The molecule has 0 saturated carbocycles. The van der Waals surface area contributed by atoms with E-state index in [1.54, 1.807) is 6.20 Å². The number of carbonyl (C=O) groups excluding carboxylic acids is 1. The van der Waals surface area contributed by atoms with Gasteiger partial charge in [-0.2, -0.15) is 0 Å². The van der Waals surface area contributed by atoms with E-state index in [0.29, 0.717) is 5.56 Å². The largest absolute Gasteiger partial charge is 0.399 e. The Kier molecular flexibility index (Phi) is 3.06. The number of nitrogen functional groups attached to an aromatic ring is 1. The minimum absolute atomic E-state index is 0.229. The monoisotopic (exact) mass is 332 g/mol. The van der Waals surface area contributed by atoms with Crippen LogP contribution < -0.4 is 5.73 Å². The molecule has 0 aliphatic heterocycles. The molecule has 3 aromatic rings. The van der Waals surface area contributed by atoms with Crippen molar-refractivity contribution in [2.75, 3.05) is 5.73 Å². The molecule has 0 radical (unpaired) electrons. The number of ketones is 1. The smallest absolute Gasteiger partial charge is 0.195 e. The summed E-state index contributed by atoms with van der Waals surface area (Å²) in [5.74, 6) is -0.790. The van der Waals surface area contributed by atoms with Crippen LogP contribution >= 0.6 is 15.9 Å². The molecular weight excluding hydrogens is 323 g/mol. The normalized spacial score (nSPS) is 10.9. The summed E-state index contributed by atoms with van der Waals surface area (Å²) < 4.78 is 14.2. The maximum atomic E-state index is 13.4. The zero-order valence-electron chi connectivity index (χ0n) is 10.3. The average Bonchev–Trinajstić information content (AvgIpc) is 2.82. The zero-order chi connectivity index (χ0) is 14.3. The molecular formula is C15H10BrFN2O. The molecule has 1 heterocycles. The van der Waals surface area contributed by atoms with Crippen molar-refractivity contribution < 1.29 is 9.18 Å². The number of hydrogen-bond acceptors (Lipinski definition) is 2. The topological polar surface area (TPSA) is 58.9 Å². The summed E-state index contributed by atoms with van der Waals surface area (Å²) >= 11 is 3.43. The Labute approximate surface area is 122 Å². The number of fused-ring (bicyclic) bond motifs is 1. The molecule has 20 heavy (non-hydrogen) atoms. The van der Waals surface area contributed by atoms with Crippen molar-refractivity contribution in [3.05, 3.63) is 64.0 Å². The second kappa shape index (κ2) is 4.76. The fourth-order valence-electron chi connectivity index (χ4n) is 2.22. The molecule has 3 N–H and O–H groups in total. The third-order valence-corrected chi connectivity index (χ3v) is 3.74. The number of aromatic nitrogens is 1. The Morgan fingerprint density at radius 2 is 2.05 bits per heavy atom. The number of aromatic amines is 1. The molecule has 3 nitrogen and oxygen atoms in total. The van der Waals surface area contributed by atoms with Gasteiger partial charge in [0.15, 0.2) is 5.78 Å². The van der Waals surface area contributed by atoms with Crippen LogP contribution in [0, 0.1) is 5.82 Å². The predicted octanol–water partition coefficient (Wildman–Crippen LogP) is 3.88. The highest BCUT2D eigenvalue weighted by atomic mass is 79.9. The van der Waals surface area contributed by atoms with Crippen LogP contribution in [0.15, 0.2) is 47.1 Å². The molecule has 0 unspecified atom stereocenters. The number of benzene rings is 2. The Hall–Kier alpha value is -2.14. The van der Waals surface area contributed by atoms with Gasteiger partial charge in [0.1, 0.15) is 5.82 Å². The number of halogens is 2. The molecule has 1 aromatic heterocycles. The average molecular weight is 333 g/mol. The van der Waals surface area contributed by atoms with Crippen molar-refractivity contribution in [2.45, 2.75) is 0 Å². The van der Waals surface area contributed by atoms with Crippen molar-refractivity contribution in [3.63, 3.8) is 0 Å². The summed E-state index contributed by atoms with van der Waals surface area (Å²) in [6.45, 7) is 0. The van der Waals surface area contributed by atoms with E-state index < -0.39 is 5.82 Å². The van der Waals surface area contributed by atoms with Gasteiger partial charge in [0.25, 0.3) is 0 Å². The van der Waals surface area contributed by atoms with Gasteiger partial charge in [0, 0.05) is 38.4 Å². The molecule has 0 saturated heterocycles. The maximum absolute atomic E-state index is 13.4. The van der Waals surface area contributed by atoms with E-state index in [1.165, 1.54) is 18.2 Å². The van der Waals surface area contributed by atoms with Crippen molar-refractivity contribution >= 4 is 38.3 Å². The summed E-state index contributed by atoms with van der Waals surface area (Å²) in [6, 6.07) is 9.44. The van der Waals surface area contributed by atoms with Crippen LogP contribution in [-0.2, 0) is 0 Å². The first-order valence-corrected chi connectivity index (χ1v) is 6.72. The quantitative estimate of drug-likeness (QED) is 0.552. The molecule has 2 aromatic carbocycles. The van der Waals surface area contributed by atoms with E-state index in [1.807, 2.05) is 18.2 Å². The van der Waals surface area contributed by atoms with Gasteiger partial charge in [0.2, 0.25) is 0 Å². The van der Waals surface area contributed by atoms with Gasteiger partial charge < -0.3 is 10.7 Å². The number of hydrogen-bond donors (Lipinski definition) is 2.